The number of sulfone groups is 1. The molecule has 0 aromatic heterocycles. The Bertz CT molecular complexity index is 1290. The molecule has 0 fully saturated rings. The highest BCUT2D eigenvalue weighted by Crippen LogP contribution is 2.31. The molecule has 0 spiro atoms. The zero-order chi connectivity index (χ0) is 22.1. The second-order valence-corrected chi connectivity index (χ2v) is 11.8. The van der Waals surface area contributed by atoms with Gasteiger partial charge in [-0.1, -0.05) is 53.5 Å². The van der Waals surface area contributed by atoms with Gasteiger partial charge in [0.05, 0.1) is 15.5 Å². The van der Waals surface area contributed by atoms with Gasteiger partial charge in [0.25, 0.3) is 0 Å². The molecule has 158 valence electrons. The third-order valence-electron chi connectivity index (χ3n) is 4.49. The smallest absolute Gasteiger partial charge is 0.223 e. The highest BCUT2D eigenvalue weighted by molar-refractivity contribution is 7.90. The lowest BCUT2D eigenvalue weighted by Crippen LogP contribution is -2.22. The van der Waals surface area contributed by atoms with Gasteiger partial charge in [-0.2, -0.15) is 0 Å². The maximum Gasteiger partial charge on any atom is 0.242 e. The number of sulfonamides is 1. The summed E-state index contributed by atoms with van der Waals surface area (Å²) in [6, 6.07) is 17.4. The lowest BCUT2D eigenvalue weighted by atomic mass is 10.1. The third kappa shape index (κ3) is 4.87. The van der Waals surface area contributed by atoms with Gasteiger partial charge in [0.2, 0.25) is 10.0 Å². The van der Waals surface area contributed by atoms with E-state index >= 15 is 0 Å². The monoisotopic (exact) mass is 483 g/mol. The van der Waals surface area contributed by atoms with Crippen LogP contribution in [0.3, 0.4) is 0 Å². The van der Waals surface area contributed by atoms with Crippen LogP contribution in [-0.2, 0) is 25.6 Å². The van der Waals surface area contributed by atoms with Crippen LogP contribution < -0.4 is 0 Å². The lowest BCUT2D eigenvalue weighted by molar-refractivity contribution is 0.520. The van der Waals surface area contributed by atoms with Gasteiger partial charge in [-0.05, 0) is 47.5 Å². The van der Waals surface area contributed by atoms with Crippen LogP contribution in [0.5, 0.6) is 0 Å². The Labute approximate surface area is 186 Å². The molecule has 0 N–H and O–H groups in total. The minimum absolute atomic E-state index is 0.0490. The highest BCUT2D eigenvalue weighted by Gasteiger charge is 2.20. The molecule has 0 aliphatic rings. The van der Waals surface area contributed by atoms with Crippen molar-refractivity contribution in [2.24, 2.45) is 0 Å². The molecule has 30 heavy (non-hydrogen) atoms. The number of halogens is 2. The van der Waals surface area contributed by atoms with Crippen molar-refractivity contribution in [3.05, 3.63) is 82.3 Å². The average molecular weight is 484 g/mol. The van der Waals surface area contributed by atoms with Gasteiger partial charge in [0.15, 0.2) is 9.84 Å². The van der Waals surface area contributed by atoms with E-state index in [4.69, 9.17) is 23.2 Å². The van der Waals surface area contributed by atoms with Crippen LogP contribution in [0.4, 0.5) is 0 Å². The maximum absolute atomic E-state index is 12.9. The zero-order valence-electron chi connectivity index (χ0n) is 16.2. The molecule has 0 radical (unpaired) electrons. The fourth-order valence-corrected chi connectivity index (χ4v) is 5.70. The second kappa shape index (κ2) is 8.69. The number of nitrogens with zero attached hydrogens (tertiary/aromatic N) is 1. The summed E-state index contributed by atoms with van der Waals surface area (Å²) in [6.07, 6.45) is 0. The fourth-order valence-electron chi connectivity index (χ4n) is 2.87. The summed E-state index contributed by atoms with van der Waals surface area (Å²) < 4.78 is 51.4. The van der Waals surface area contributed by atoms with E-state index < -0.39 is 19.9 Å². The van der Waals surface area contributed by atoms with Crippen LogP contribution in [-0.4, -0.2) is 35.2 Å². The van der Waals surface area contributed by atoms with Crippen molar-refractivity contribution in [3.8, 4) is 11.1 Å². The molecule has 5 nitrogen and oxygen atoms in total. The SMILES string of the molecule is CN(C)S(=O)(=O)c1cccc(CS(=O)(=O)c2ccc(-c3ccc(Cl)cc3Cl)cc2)c1. The topological polar surface area (TPSA) is 71.5 Å². The van der Waals surface area contributed by atoms with Crippen molar-refractivity contribution in [2.45, 2.75) is 15.5 Å². The molecular weight excluding hydrogens is 465 g/mol. The van der Waals surface area contributed by atoms with Crippen LogP contribution in [0.1, 0.15) is 5.56 Å². The van der Waals surface area contributed by atoms with Gasteiger partial charge in [0.1, 0.15) is 0 Å². The van der Waals surface area contributed by atoms with Crippen LogP contribution >= 0.6 is 23.2 Å². The number of rotatable bonds is 6. The lowest BCUT2D eigenvalue weighted by Gasteiger charge is -2.12. The van der Waals surface area contributed by atoms with Gasteiger partial charge >= 0.3 is 0 Å². The first-order valence-corrected chi connectivity index (χ1v) is 12.7. The molecule has 9 heteroatoms. The Morgan fingerprint density at radius 1 is 0.800 bits per heavy atom. The summed E-state index contributed by atoms with van der Waals surface area (Å²) in [5.74, 6) is -0.315. The first-order chi connectivity index (χ1) is 14.0. The van der Waals surface area contributed by atoms with E-state index in [2.05, 4.69) is 0 Å². The van der Waals surface area contributed by atoms with Crippen molar-refractivity contribution >= 4 is 43.1 Å². The Balaban J connectivity index is 1.88. The van der Waals surface area contributed by atoms with E-state index in [0.29, 0.717) is 15.6 Å². The number of benzene rings is 3. The minimum Gasteiger partial charge on any atom is -0.223 e. The molecule has 0 amide bonds. The van der Waals surface area contributed by atoms with E-state index in [-0.39, 0.29) is 15.5 Å². The Kier molecular flexibility index (Phi) is 6.60. The van der Waals surface area contributed by atoms with Crippen LogP contribution in [0.15, 0.2) is 76.5 Å². The van der Waals surface area contributed by atoms with Gasteiger partial charge in [-0.15, -0.1) is 0 Å². The first kappa shape index (κ1) is 22.8. The van der Waals surface area contributed by atoms with Crippen LogP contribution in [0.25, 0.3) is 11.1 Å². The molecule has 3 aromatic rings. The standard InChI is InChI=1S/C21H19Cl2NO4S2/c1-24(2)30(27,28)19-5-3-4-15(12-19)14-29(25,26)18-9-6-16(7-10-18)20-11-8-17(22)13-21(20)23/h3-13H,14H2,1-2H3. The summed E-state index contributed by atoms with van der Waals surface area (Å²) >= 11 is 12.1. The highest BCUT2D eigenvalue weighted by atomic mass is 35.5. The largest absolute Gasteiger partial charge is 0.242 e. The van der Waals surface area contributed by atoms with Gasteiger partial charge in [-0.25, -0.2) is 21.1 Å². The Morgan fingerprint density at radius 3 is 2.07 bits per heavy atom. The zero-order valence-corrected chi connectivity index (χ0v) is 19.4. The van der Waals surface area contributed by atoms with E-state index in [0.717, 1.165) is 15.4 Å². The molecule has 0 saturated heterocycles. The van der Waals surface area contributed by atoms with E-state index in [1.54, 1.807) is 36.4 Å². The molecule has 0 aliphatic carbocycles. The number of hydrogen-bond acceptors (Lipinski definition) is 4. The fraction of sp³-hybridized carbons (Fsp3) is 0.143. The first-order valence-electron chi connectivity index (χ1n) is 8.80. The van der Waals surface area contributed by atoms with Crippen molar-refractivity contribution in [1.29, 1.82) is 0 Å². The van der Waals surface area contributed by atoms with Gasteiger partial charge in [-0.3, -0.25) is 0 Å². The Morgan fingerprint density at radius 2 is 1.47 bits per heavy atom. The third-order valence-corrected chi connectivity index (χ3v) is 8.55. The summed E-state index contributed by atoms with van der Waals surface area (Å²) in [4.78, 5) is 0.185. The predicted molar refractivity (Wildman–Crippen MR) is 120 cm³/mol. The summed E-state index contributed by atoms with van der Waals surface area (Å²) in [7, 11) is -4.47. The molecule has 0 aliphatic heterocycles. The summed E-state index contributed by atoms with van der Waals surface area (Å²) in [5.41, 5.74) is 1.89. The van der Waals surface area contributed by atoms with Gasteiger partial charge < -0.3 is 0 Å². The molecule has 3 aromatic carbocycles. The summed E-state index contributed by atoms with van der Waals surface area (Å²) in [5, 5.41) is 0.985. The van der Waals surface area contributed by atoms with Crippen molar-refractivity contribution in [3.63, 3.8) is 0 Å². The molecule has 0 bridgehead atoms. The van der Waals surface area contributed by atoms with Gasteiger partial charge in [0, 0.05) is 29.7 Å². The normalized spacial score (nSPS) is 12.3. The average Bonchev–Trinajstić information content (AvgIpc) is 2.68. The molecule has 0 atom stereocenters. The van der Waals surface area contributed by atoms with Crippen molar-refractivity contribution in [2.75, 3.05) is 14.1 Å². The Hall–Kier alpha value is -1.90. The van der Waals surface area contributed by atoms with E-state index in [9.17, 15) is 16.8 Å². The van der Waals surface area contributed by atoms with Crippen LogP contribution in [0, 0.1) is 0 Å². The number of hydrogen-bond donors (Lipinski definition) is 0. The summed E-state index contributed by atoms with van der Waals surface area (Å²) in [6.45, 7) is 0. The predicted octanol–water partition coefficient (Wildman–Crippen LogP) is 4.88. The van der Waals surface area contributed by atoms with Crippen molar-refractivity contribution < 1.29 is 16.8 Å². The molecular formula is C21H19Cl2NO4S2. The maximum atomic E-state index is 12.9. The quantitative estimate of drug-likeness (QED) is 0.500. The van der Waals surface area contributed by atoms with Crippen molar-refractivity contribution in [1.82, 2.24) is 4.31 Å². The van der Waals surface area contributed by atoms with Crippen LogP contribution in [0.2, 0.25) is 10.0 Å². The van der Waals surface area contributed by atoms with E-state index in [1.807, 2.05) is 0 Å². The molecule has 3 rings (SSSR count). The molecule has 0 unspecified atom stereocenters. The second-order valence-electron chi connectivity index (χ2n) is 6.84. The molecule has 0 saturated carbocycles. The molecule has 0 heterocycles. The minimum atomic E-state index is -3.67. The van der Waals surface area contributed by atoms with E-state index in [1.165, 1.54) is 44.4 Å².